The van der Waals surface area contributed by atoms with Crippen LogP contribution in [0.15, 0.2) is 16.9 Å². The molecule has 0 amide bonds. The quantitative estimate of drug-likeness (QED) is 0.779. The standard InChI is InChI=1S/C14H20ClNO3/c1-14(2,3)11-6-5-10(9-12(15)17)13(18)16(11)7-8-19-4/h5-6H,7-9H2,1-4H3. The van der Waals surface area contributed by atoms with Crippen LogP contribution in [0.3, 0.4) is 0 Å². The lowest BCUT2D eigenvalue weighted by Crippen LogP contribution is -2.33. The van der Waals surface area contributed by atoms with E-state index in [4.69, 9.17) is 16.3 Å². The Balaban J connectivity index is 3.32. The second kappa shape index (κ2) is 6.35. The van der Waals surface area contributed by atoms with Crippen LogP contribution >= 0.6 is 11.6 Å². The fourth-order valence-electron chi connectivity index (χ4n) is 1.97. The van der Waals surface area contributed by atoms with Crippen molar-refractivity contribution in [1.82, 2.24) is 4.57 Å². The average molecular weight is 286 g/mol. The number of aromatic nitrogens is 1. The maximum Gasteiger partial charge on any atom is 0.254 e. The zero-order valence-corrected chi connectivity index (χ0v) is 12.6. The summed E-state index contributed by atoms with van der Waals surface area (Å²) in [5, 5.41) is -0.529. The minimum atomic E-state index is -0.529. The van der Waals surface area contributed by atoms with Crippen molar-refractivity contribution in [3.8, 4) is 0 Å². The first-order valence-electron chi connectivity index (χ1n) is 6.18. The van der Waals surface area contributed by atoms with Crippen molar-refractivity contribution in [2.75, 3.05) is 13.7 Å². The predicted octanol–water partition coefficient (Wildman–Crippen LogP) is 2.10. The summed E-state index contributed by atoms with van der Waals surface area (Å²) in [5.74, 6) is 0. The van der Waals surface area contributed by atoms with Crippen LogP contribution in [0.2, 0.25) is 0 Å². The van der Waals surface area contributed by atoms with E-state index < -0.39 is 5.24 Å². The molecule has 0 fully saturated rings. The molecule has 1 aromatic rings. The molecular formula is C14H20ClNO3. The highest BCUT2D eigenvalue weighted by Crippen LogP contribution is 2.21. The van der Waals surface area contributed by atoms with E-state index in [0.717, 1.165) is 5.69 Å². The normalized spacial score (nSPS) is 11.6. The maximum atomic E-state index is 12.4. The molecule has 0 aromatic carbocycles. The number of pyridine rings is 1. The van der Waals surface area contributed by atoms with Gasteiger partial charge in [-0.2, -0.15) is 0 Å². The van der Waals surface area contributed by atoms with Crippen molar-refractivity contribution in [3.05, 3.63) is 33.7 Å². The van der Waals surface area contributed by atoms with Crippen LogP contribution in [0, 0.1) is 0 Å². The predicted molar refractivity (Wildman–Crippen MR) is 75.8 cm³/mol. The zero-order chi connectivity index (χ0) is 14.6. The third-order valence-electron chi connectivity index (χ3n) is 2.87. The van der Waals surface area contributed by atoms with Crippen molar-refractivity contribution in [3.63, 3.8) is 0 Å². The Morgan fingerprint density at radius 2 is 2.00 bits per heavy atom. The Morgan fingerprint density at radius 1 is 1.37 bits per heavy atom. The first-order chi connectivity index (χ1) is 8.77. The third kappa shape index (κ3) is 4.18. The van der Waals surface area contributed by atoms with Crippen molar-refractivity contribution in [2.45, 2.75) is 39.2 Å². The first kappa shape index (κ1) is 15.9. The Bertz CT molecular complexity index is 514. The zero-order valence-electron chi connectivity index (χ0n) is 11.8. The number of rotatable bonds is 5. The van der Waals surface area contributed by atoms with E-state index in [-0.39, 0.29) is 17.4 Å². The number of hydrogen-bond acceptors (Lipinski definition) is 3. The van der Waals surface area contributed by atoms with Gasteiger partial charge in [0.2, 0.25) is 5.24 Å². The summed E-state index contributed by atoms with van der Waals surface area (Å²) in [7, 11) is 1.59. The van der Waals surface area contributed by atoms with E-state index in [1.165, 1.54) is 0 Å². The number of carbonyl (C=O) groups excluding carboxylic acids is 1. The van der Waals surface area contributed by atoms with Crippen molar-refractivity contribution >= 4 is 16.8 Å². The lowest BCUT2D eigenvalue weighted by atomic mass is 9.90. The topological polar surface area (TPSA) is 48.3 Å². The number of halogens is 1. The highest BCUT2D eigenvalue weighted by molar-refractivity contribution is 6.63. The lowest BCUT2D eigenvalue weighted by molar-refractivity contribution is -0.111. The van der Waals surface area contributed by atoms with E-state index in [1.54, 1.807) is 17.7 Å². The van der Waals surface area contributed by atoms with Crippen LogP contribution in [0.1, 0.15) is 32.0 Å². The summed E-state index contributed by atoms with van der Waals surface area (Å²) < 4.78 is 6.70. The summed E-state index contributed by atoms with van der Waals surface area (Å²) in [6.45, 7) is 7.03. The Hall–Kier alpha value is -1.13. The molecule has 0 bridgehead atoms. The number of ether oxygens (including phenoxy) is 1. The van der Waals surface area contributed by atoms with Gasteiger partial charge >= 0.3 is 0 Å². The third-order valence-corrected chi connectivity index (χ3v) is 3.00. The minimum Gasteiger partial charge on any atom is -0.383 e. The van der Waals surface area contributed by atoms with E-state index in [0.29, 0.717) is 18.7 Å². The van der Waals surface area contributed by atoms with Gasteiger partial charge in [0, 0.05) is 30.3 Å². The summed E-state index contributed by atoms with van der Waals surface area (Å²) in [6, 6.07) is 3.57. The van der Waals surface area contributed by atoms with E-state index in [2.05, 4.69) is 0 Å². The smallest absolute Gasteiger partial charge is 0.254 e. The van der Waals surface area contributed by atoms with E-state index in [9.17, 15) is 9.59 Å². The molecule has 19 heavy (non-hydrogen) atoms. The fourth-order valence-corrected chi connectivity index (χ4v) is 2.11. The molecule has 0 aliphatic heterocycles. The van der Waals surface area contributed by atoms with Gasteiger partial charge in [-0.3, -0.25) is 9.59 Å². The van der Waals surface area contributed by atoms with Gasteiger partial charge in [0.05, 0.1) is 13.0 Å². The van der Waals surface area contributed by atoms with Gasteiger partial charge in [-0.1, -0.05) is 26.8 Å². The molecule has 0 atom stereocenters. The van der Waals surface area contributed by atoms with E-state index in [1.807, 2.05) is 26.8 Å². The highest BCUT2D eigenvalue weighted by Gasteiger charge is 2.20. The van der Waals surface area contributed by atoms with Crippen LogP contribution in [-0.4, -0.2) is 23.5 Å². The second-order valence-corrected chi connectivity index (χ2v) is 5.90. The summed E-state index contributed by atoms with van der Waals surface area (Å²) in [5.41, 5.74) is 1.01. The van der Waals surface area contributed by atoms with Crippen LogP contribution in [0.25, 0.3) is 0 Å². The highest BCUT2D eigenvalue weighted by atomic mass is 35.5. The molecule has 0 aliphatic carbocycles. The molecule has 0 spiro atoms. The molecule has 0 N–H and O–H groups in total. The van der Waals surface area contributed by atoms with E-state index >= 15 is 0 Å². The fraction of sp³-hybridized carbons (Fsp3) is 0.571. The van der Waals surface area contributed by atoms with Crippen molar-refractivity contribution in [1.29, 1.82) is 0 Å². The van der Waals surface area contributed by atoms with Crippen LogP contribution < -0.4 is 5.56 Å². The lowest BCUT2D eigenvalue weighted by Gasteiger charge is -2.24. The van der Waals surface area contributed by atoms with Gasteiger partial charge < -0.3 is 9.30 Å². The summed E-state index contributed by atoms with van der Waals surface area (Å²) >= 11 is 5.36. The largest absolute Gasteiger partial charge is 0.383 e. The van der Waals surface area contributed by atoms with Gasteiger partial charge in [0.25, 0.3) is 5.56 Å². The molecule has 0 radical (unpaired) electrons. The number of nitrogens with zero attached hydrogens (tertiary/aromatic N) is 1. The molecule has 5 heteroatoms. The molecular weight excluding hydrogens is 266 g/mol. The SMILES string of the molecule is COCCn1c(C(C)(C)C)ccc(CC(=O)Cl)c1=O. The maximum absolute atomic E-state index is 12.4. The molecule has 0 saturated carbocycles. The molecule has 1 rings (SSSR count). The molecule has 1 heterocycles. The molecule has 0 unspecified atom stereocenters. The molecule has 0 aliphatic rings. The number of hydrogen-bond donors (Lipinski definition) is 0. The first-order valence-corrected chi connectivity index (χ1v) is 6.55. The summed E-state index contributed by atoms with van der Waals surface area (Å²) in [6.07, 6.45) is -0.0439. The van der Waals surface area contributed by atoms with Crippen LogP contribution in [0.4, 0.5) is 0 Å². The van der Waals surface area contributed by atoms with Crippen LogP contribution in [-0.2, 0) is 27.9 Å². The molecule has 0 saturated heterocycles. The minimum absolute atomic E-state index is 0.0439. The number of carbonyl (C=O) groups is 1. The van der Waals surface area contributed by atoms with Crippen molar-refractivity contribution < 1.29 is 9.53 Å². The summed E-state index contributed by atoms with van der Waals surface area (Å²) in [4.78, 5) is 23.3. The van der Waals surface area contributed by atoms with Crippen LogP contribution in [0.5, 0.6) is 0 Å². The van der Waals surface area contributed by atoms with Crippen molar-refractivity contribution in [2.24, 2.45) is 0 Å². The Kier molecular flexibility index (Phi) is 5.32. The molecule has 106 valence electrons. The van der Waals surface area contributed by atoms with Gasteiger partial charge in [0.15, 0.2) is 0 Å². The Labute approximate surface area is 118 Å². The average Bonchev–Trinajstić information content (AvgIpc) is 2.28. The van der Waals surface area contributed by atoms with Gasteiger partial charge in [-0.25, -0.2) is 0 Å². The molecule has 4 nitrogen and oxygen atoms in total. The van der Waals surface area contributed by atoms with Gasteiger partial charge in [0.1, 0.15) is 0 Å². The molecule has 1 aromatic heterocycles. The Morgan fingerprint density at radius 3 is 2.47 bits per heavy atom. The van der Waals surface area contributed by atoms with Gasteiger partial charge in [-0.15, -0.1) is 0 Å². The second-order valence-electron chi connectivity index (χ2n) is 5.48. The monoisotopic (exact) mass is 285 g/mol. The van der Waals surface area contributed by atoms with Gasteiger partial charge in [-0.05, 0) is 17.7 Å². The number of methoxy groups -OCH3 is 1.